The number of ether oxygens (including phenoxy) is 1. The lowest BCUT2D eigenvalue weighted by Gasteiger charge is -2.16. The summed E-state index contributed by atoms with van der Waals surface area (Å²) in [5, 5.41) is 18.0. The average Bonchev–Trinajstić information content (AvgIpc) is 3.04. The number of hydrogen-bond acceptors (Lipinski definition) is 5. The second-order valence-corrected chi connectivity index (χ2v) is 7.56. The average molecular weight is 545 g/mol. The maximum Gasteiger partial charge on any atom is 0.191 e. The van der Waals surface area contributed by atoms with Gasteiger partial charge in [-0.2, -0.15) is 0 Å². The van der Waals surface area contributed by atoms with Gasteiger partial charge in [-0.05, 0) is 26.0 Å². The number of rotatable bonds is 8. The van der Waals surface area contributed by atoms with Gasteiger partial charge >= 0.3 is 0 Å². The third kappa shape index (κ3) is 8.39. The largest absolute Gasteiger partial charge is 0.489 e. The molecule has 2 aromatic rings. The van der Waals surface area contributed by atoms with Gasteiger partial charge in [0.05, 0.1) is 11.6 Å². The molecule has 0 amide bonds. The molecule has 27 heavy (non-hydrogen) atoms. The van der Waals surface area contributed by atoms with E-state index in [-0.39, 0.29) is 37.1 Å². The Hall–Kier alpha value is -0.810. The molecule has 150 valence electrons. The van der Waals surface area contributed by atoms with Crippen molar-refractivity contribution in [3.05, 3.63) is 44.3 Å². The maximum atomic E-state index is 10.1. The van der Waals surface area contributed by atoms with Gasteiger partial charge in [0.25, 0.3) is 0 Å². The van der Waals surface area contributed by atoms with Gasteiger partial charge in [0.1, 0.15) is 28.5 Å². The van der Waals surface area contributed by atoms with Crippen molar-refractivity contribution in [1.82, 2.24) is 15.6 Å². The Balaban J connectivity index is 0.00000364. The summed E-state index contributed by atoms with van der Waals surface area (Å²) in [6, 6.07) is 5.12. The molecule has 1 aromatic heterocycles. The fourth-order valence-electron chi connectivity index (χ4n) is 2.02. The second-order valence-electron chi connectivity index (χ2n) is 5.46. The molecule has 0 saturated heterocycles. The SMILES string of the molecule is CCNC(=NCc1ncc(C)s1)NCC(O)COc1cccc(Cl)c1Cl.I. The molecule has 0 saturated carbocycles. The summed E-state index contributed by atoms with van der Waals surface area (Å²) >= 11 is 13.6. The van der Waals surface area contributed by atoms with Crippen LogP contribution in [0.15, 0.2) is 29.4 Å². The monoisotopic (exact) mass is 544 g/mol. The highest BCUT2D eigenvalue weighted by Crippen LogP contribution is 2.31. The van der Waals surface area contributed by atoms with E-state index in [4.69, 9.17) is 27.9 Å². The molecule has 6 nitrogen and oxygen atoms in total. The van der Waals surface area contributed by atoms with Gasteiger partial charge in [0.2, 0.25) is 0 Å². The summed E-state index contributed by atoms with van der Waals surface area (Å²) in [6.45, 7) is 5.55. The van der Waals surface area contributed by atoms with Crippen LogP contribution in [0.4, 0.5) is 0 Å². The van der Waals surface area contributed by atoms with Crippen LogP contribution in [0, 0.1) is 6.92 Å². The summed E-state index contributed by atoms with van der Waals surface area (Å²) in [5.41, 5.74) is 0. The Kier molecular flexibility index (Phi) is 11.3. The van der Waals surface area contributed by atoms with Gasteiger partial charge < -0.3 is 20.5 Å². The topological polar surface area (TPSA) is 78.8 Å². The van der Waals surface area contributed by atoms with Gasteiger partial charge in [-0.3, -0.25) is 0 Å². The minimum absolute atomic E-state index is 0. The van der Waals surface area contributed by atoms with Gasteiger partial charge in [-0.15, -0.1) is 35.3 Å². The molecule has 3 N–H and O–H groups in total. The number of nitrogens with one attached hydrogen (secondary N) is 2. The highest BCUT2D eigenvalue weighted by Gasteiger charge is 2.10. The van der Waals surface area contributed by atoms with Gasteiger partial charge in [-0.25, -0.2) is 9.98 Å². The molecular weight excluding hydrogens is 522 g/mol. The van der Waals surface area contributed by atoms with E-state index < -0.39 is 6.10 Å². The molecule has 0 fully saturated rings. The number of aromatic nitrogens is 1. The van der Waals surface area contributed by atoms with E-state index in [0.29, 0.717) is 34.8 Å². The van der Waals surface area contributed by atoms with Crippen molar-refractivity contribution in [2.45, 2.75) is 26.5 Å². The first kappa shape index (κ1) is 24.2. The van der Waals surface area contributed by atoms with E-state index >= 15 is 0 Å². The molecule has 1 heterocycles. The van der Waals surface area contributed by atoms with Crippen LogP contribution in [-0.4, -0.2) is 41.9 Å². The maximum absolute atomic E-state index is 10.1. The first-order valence-electron chi connectivity index (χ1n) is 8.18. The van der Waals surface area contributed by atoms with Crippen LogP contribution in [0.3, 0.4) is 0 Å². The Labute approximate surface area is 190 Å². The van der Waals surface area contributed by atoms with Crippen molar-refractivity contribution in [2.75, 3.05) is 19.7 Å². The number of nitrogens with zero attached hydrogens (tertiary/aromatic N) is 2. The van der Waals surface area contributed by atoms with Gasteiger partial charge in [0.15, 0.2) is 5.96 Å². The normalized spacial score (nSPS) is 12.3. The minimum Gasteiger partial charge on any atom is -0.489 e. The third-order valence-electron chi connectivity index (χ3n) is 3.24. The second kappa shape index (κ2) is 12.6. The van der Waals surface area contributed by atoms with Crippen LogP contribution < -0.4 is 15.4 Å². The van der Waals surface area contributed by atoms with Crippen LogP contribution in [0.1, 0.15) is 16.8 Å². The molecule has 0 spiro atoms. The summed E-state index contributed by atoms with van der Waals surface area (Å²) in [6.07, 6.45) is 1.09. The molecule has 1 unspecified atom stereocenters. The number of aryl methyl sites for hydroxylation is 1. The number of aliphatic hydroxyl groups excluding tert-OH is 1. The third-order valence-corrected chi connectivity index (χ3v) is 4.94. The number of aliphatic imine (C=N–C) groups is 1. The van der Waals surface area contributed by atoms with Gasteiger partial charge in [-0.1, -0.05) is 29.3 Å². The van der Waals surface area contributed by atoms with E-state index in [1.54, 1.807) is 29.5 Å². The molecular formula is C17H23Cl2IN4O2S. The first-order valence-corrected chi connectivity index (χ1v) is 9.75. The lowest BCUT2D eigenvalue weighted by molar-refractivity contribution is 0.110. The minimum atomic E-state index is -0.740. The quantitative estimate of drug-likeness (QED) is 0.267. The van der Waals surface area contributed by atoms with Crippen molar-refractivity contribution < 1.29 is 9.84 Å². The van der Waals surface area contributed by atoms with Crippen LogP contribution in [0.5, 0.6) is 5.75 Å². The van der Waals surface area contributed by atoms with Gasteiger partial charge in [0, 0.05) is 24.2 Å². The van der Waals surface area contributed by atoms with E-state index in [1.807, 2.05) is 20.0 Å². The van der Waals surface area contributed by atoms with Crippen molar-refractivity contribution in [1.29, 1.82) is 0 Å². The number of hydrogen-bond donors (Lipinski definition) is 3. The molecule has 2 rings (SSSR count). The highest BCUT2D eigenvalue weighted by molar-refractivity contribution is 14.0. The summed E-state index contributed by atoms with van der Waals surface area (Å²) < 4.78 is 5.53. The molecule has 0 bridgehead atoms. The Bertz CT molecular complexity index is 745. The lowest BCUT2D eigenvalue weighted by atomic mass is 10.3. The number of halogens is 3. The van der Waals surface area contributed by atoms with Crippen LogP contribution in [0.25, 0.3) is 0 Å². The van der Waals surface area contributed by atoms with E-state index in [0.717, 1.165) is 9.88 Å². The number of aliphatic hydroxyl groups is 1. The number of thiazole rings is 1. The lowest BCUT2D eigenvalue weighted by Crippen LogP contribution is -2.42. The number of guanidine groups is 1. The molecule has 10 heteroatoms. The molecule has 0 aliphatic heterocycles. The zero-order valence-electron chi connectivity index (χ0n) is 15.0. The van der Waals surface area contributed by atoms with Crippen molar-refractivity contribution >= 4 is 64.5 Å². The van der Waals surface area contributed by atoms with E-state index in [9.17, 15) is 5.11 Å². The Morgan fingerprint density at radius 2 is 2.15 bits per heavy atom. The predicted octanol–water partition coefficient (Wildman–Crippen LogP) is 3.87. The zero-order chi connectivity index (χ0) is 18.9. The predicted molar refractivity (Wildman–Crippen MR) is 123 cm³/mol. The molecule has 0 aliphatic rings. The van der Waals surface area contributed by atoms with E-state index in [1.165, 1.54) is 0 Å². The van der Waals surface area contributed by atoms with Crippen LogP contribution in [0.2, 0.25) is 10.0 Å². The molecule has 1 atom stereocenters. The zero-order valence-corrected chi connectivity index (χ0v) is 19.7. The van der Waals surface area contributed by atoms with Crippen molar-refractivity contribution in [3.8, 4) is 5.75 Å². The van der Waals surface area contributed by atoms with Crippen LogP contribution >= 0.6 is 58.5 Å². The van der Waals surface area contributed by atoms with Crippen LogP contribution in [-0.2, 0) is 6.54 Å². The fourth-order valence-corrected chi connectivity index (χ4v) is 3.08. The summed E-state index contributed by atoms with van der Waals surface area (Å²) in [4.78, 5) is 9.90. The highest BCUT2D eigenvalue weighted by atomic mass is 127. The van der Waals surface area contributed by atoms with Crippen molar-refractivity contribution in [2.24, 2.45) is 4.99 Å². The summed E-state index contributed by atoms with van der Waals surface area (Å²) in [5.74, 6) is 1.05. The Morgan fingerprint density at radius 3 is 2.81 bits per heavy atom. The first-order chi connectivity index (χ1) is 12.5. The number of benzene rings is 1. The fraction of sp³-hybridized carbons (Fsp3) is 0.412. The molecule has 0 radical (unpaired) electrons. The van der Waals surface area contributed by atoms with E-state index in [2.05, 4.69) is 20.6 Å². The van der Waals surface area contributed by atoms with Crippen molar-refractivity contribution in [3.63, 3.8) is 0 Å². The molecule has 1 aromatic carbocycles. The standard InChI is InChI=1S/C17H22Cl2N4O2S.HI/c1-3-20-17(23-9-15-21-7-11(2)26-15)22-8-12(24)10-25-14-6-4-5-13(18)16(14)19;/h4-7,12,24H,3,8-10H2,1-2H3,(H2,20,22,23);1H. The summed E-state index contributed by atoms with van der Waals surface area (Å²) in [7, 11) is 0. The Morgan fingerprint density at radius 1 is 1.37 bits per heavy atom. The molecule has 0 aliphatic carbocycles. The smallest absolute Gasteiger partial charge is 0.191 e.